The summed E-state index contributed by atoms with van der Waals surface area (Å²) >= 11 is 0. The molecule has 0 amide bonds. The molecule has 0 rings (SSSR count). The van der Waals surface area contributed by atoms with Crippen molar-refractivity contribution in [3.63, 3.8) is 0 Å². The highest BCUT2D eigenvalue weighted by Gasteiger charge is 2.19. The number of ether oxygens (including phenoxy) is 3. The first-order chi connectivity index (χ1) is 34.0. The van der Waals surface area contributed by atoms with Crippen LogP contribution >= 0.6 is 0 Å². The Morgan fingerprint density at radius 1 is 0.319 bits per heavy atom. The van der Waals surface area contributed by atoms with Gasteiger partial charge in [-0.2, -0.15) is 0 Å². The number of allylic oxidation sites excluding steroid dienone is 17. The van der Waals surface area contributed by atoms with Gasteiger partial charge in [-0.3, -0.25) is 14.4 Å². The average molecular weight is 958 g/mol. The molecule has 0 aliphatic heterocycles. The molecule has 6 nitrogen and oxygen atoms in total. The molecule has 0 heterocycles. The first-order valence-electron chi connectivity index (χ1n) is 28.4. The largest absolute Gasteiger partial charge is 0.462 e. The normalized spacial score (nSPS) is 12.9. The van der Waals surface area contributed by atoms with Crippen molar-refractivity contribution in [2.45, 2.75) is 258 Å². The molecule has 1 atom stereocenters. The maximum Gasteiger partial charge on any atom is 0.310 e. The van der Waals surface area contributed by atoms with Gasteiger partial charge in [0.05, 0.1) is 6.42 Å². The Hall–Kier alpha value is -3.93. The summed E-state index contributed by atoms with van der Waals surface area (Å²) in [6.45, 7) is 6.33. The first-order valence-corrected chi connectivity index (χ1v) is 28.4. The molecule has 6 heteroatoms. The standard InChI is InChI=1S/C63H104O6/c1-4-7-10-13-16-19-22-25-27-28-29-30-31-32-33-34-36-38-41-44-47-50-53-56-62(65)68-59-60(58-67-61(64)55-52-49-46-43-40-37-24-21-18-15-12-9-6-3)69-63(66)57-54-51-48-45-42-39-35-26-23-20-17-14-11-8-5-2/h7-8,10-11,16-17,19-20,25-27,29-30,35,42,45,51,54,60H,4-6,9,12-15,18,21-24,28,31-34,36-41,43-44,46-50,52-53,55-59H2,1-3H3/b10-7-,11-8-,19-16-,20-17-,27-25-,30-29-,35-26-,45-42-,54-51-. The van der Waals surface area contributed by atoms with E-state index in [1.807, 2.05) is 6.08 Å². The maximum absolute atomic E-state index is 12.8. The second-order valence-corrected chi connectivity index (χ2v) is 18.5. The third-order valence-electron chi connectivity index (χ3n) is 11.8. The maximum atomic E-state index is 12.8. The van der Waals surface area contributed by atoms with Gasteiger partial charge in [-0.05, 0) is 83.5 Å². The van der Waals surface area contributed by atoms with Crippen LogP contribution in [-0.2, 0) is 28.6 Å². The quantitative estimate of drug-likeness (QED) is 0.0262. The molecule has 0 bridgehead atoms. The Kier molecular flexibility index (Phi) is 53.4. The van der Waals surface area contributed by atoms with Crippen LogP contribution < -0.4 is 0 Å². The number of hydrogen-bond acceptors (Lipinski definition) is 6. The third kappa shape index (κ3) is 54.9. The van der Waals surface area contributed by atoms with Gasteiger partial charge in [-0.15, -0.1) is 0 Å². The number of carbonyl (C=O) groups excluding carboxylic acids is 3. The SMILES string of the molecule is CC/C=C\C/C=C\C/C=C\C/C=C\C/C=C\CC(=O)OC(COC(=O)CCCCCCCCCCCC/C=C\C/C=C\C/C=C\C/C=C\CC)COC(=O)CCCCCCCCCCCCCCC. The minimum Gasteiger partial charge on any atom is -0.462 e. The molecule has 392 valence electrons. The van der Waals surface area contributed by atoms with E-state index in [1.165, 1.54) is 116 Å². The predicted octanol–water partition coefficient (Wildman–Crippen LogP) is 19.1. The van der Waals surface area contributed by atoms with E-state index in [9.17, 15) is 14.4 Å². The van der Waals surface area contributed by atoms with Gasteiger partial charge in [0.25, 0.3) is 0 Å². The summed E-state index contributed by atoms with van der Waals surface area (Å²) in [4.78, 5) is 38.0. The van der Waals surface area contributed by atoms with E-state index >= 15 is 0 Å². The number of hydrogen-bond donors (Lipinski definition) is 0. The van der Waals surface area contributed by atoms with Crippen LogP contribution in [-0.4, -0.2) is 37.2 Å². The van der Waals surface area contributed by atoms with E-state index in [2.05, 4.69) is 118 Å². The molecule has 0 saturated heterocycles. The Balaban J connectivity index is 4.42. The van der Waals surface area contributed by atoms with E-state index in [0.717, 1.165) is 96.3 Å². The molecule has 0 aromatic carbocycles. The van der Waals surface area contributed by atoms with E-state index < -0.39 is 12.1 Å². The van der Waals surface area contributed by atoms with E-state index in [1.54, 1.807) is 6.08 Å². The van der Waals surface area contributed by atoms with Crippen molar-refractivity contribution in [3.8, 4) is 0 Å². The molecule has 0 aliphatic rings. The van der Waals surface area contributed by atoms with Gasteiger partial charge in [-0.25, -0.2) is 0 Å². The number of unbranched alkanes of at least 4 members (excludes halogenated alkanes) is 22. The van der Waals surface area contributed by atoms with Gasteiger partial charge in [0, 0.05) is 12.8 Å². The van der Waals surface area contributed by atoms with Crippen molar-refractivity contribution in [2.24, 2.45) is 0 Å². The topological polar surface area (TPSA) is 78.9 Å². The van der Waals surface area contributed by atoms with Crippen LogP contribution in [0.15, 0.2) is 109 Å². The summed E-state index contributed by atoms with van der Waals surface area (Å²) in [5.74, 6) is -1.05. The van der Waals surface area contributed by atoms with Crippen molar-refractivity contribution in [2.75, 3.05) is 13.2 Å². The summed E-state index contributed by atoms with van der Waals surface area (Å²) in [5, 5.41) is 0. The third-order valence-corrected chi connectivity index (χ3v) is 11.8. The lowest BCUT2D eigenvalue weighted by molar-refractivity contribution is -0.166. The molecule has 0 radical (unpaired) electrons. The zero-order valence-corrected chi connectivity index (χ0v) is 44.8. The Labute approximate surface area is 425 Å². The molecule has 0 fully saturated rings. The number of rotatable bonds is 50. The second-order valence-electron chi connectivity index (χ2n) is 18.5. The van der Waals surface area contributed by atoms with Crippen LogP contribution in [0.1, 0.15) is 252 Å². The van der Waals surface area contributed by atoms with Crippen LogP contribution in [0.25, 0.3) is 0 Å². The predicted molar refractivity (Wildman–Crippen MR) is 297 cm³/mol. The Bertz CT molecular complexity index is 1420. The van der Waals surface area contributed by atoms with Gasteiger partial charge >= 0.3 is 17.9 Å². The highest BCUT2D eigenvalue weighted by molar-refractivity contribution is 5.72. The summed E-state index contributed by atoms with van der Waals surface area (Å²) in [5.41, 5.74) is 0. The van der Waals surface area contributed by atoms with Gasteiger partial charge in [0.15, 0.2) is 6.10 Å². The molecule has 0 aliphatic carbocycles. The lowest BCUT2D eigenvalue weighted by Gasteiger charge is -2.18. The molecular formula is C63H104O6. The fourth-order valence-electron chi connectivity index (χ4n) is 7.63. The summed E-state index contributed by atoms with van der Waals surface area (Å²) in [6.07, 6.45) is 76.8. The van der Waals surface area contributed by atoms with Gasteiger partial charge in [-0.1, -0.05) is 259 Å². The van der Waals surface area contributed by atoms with Crippen LogP contribution in [0, 0.1) is 0 Å². The van der Waals surface area contributed by atoms with E-state index in [-0.39, 0.29) is 31.6 Å². The number of esters is 3. The average Bonchev–Trinajstić information content (AvgIpc) is 3.35. The molecule has 0 spiro atoms. The Morgan fingerprint density at radius 2 is 0.609 bits per heavy atom. The highest BCUT2D eigenvalue weighted by Crippen LogP contribution is 2.15. The van der Waals surface area contributed by atoms with Gasteiger partial charge in [0.2, 0.25) is 0 Å². The molecule has 0 aromatic heterocycles. The van der Waals surface area contributed by atoms with Crippen LogP contribution in [0.3, 0.4) is 0 Å². The molecule has 0 aromatic rings. The number of carbonyl (C=O) groups is 3. The smallest absolute Gasteiger partial charge is 0.310 e. The monoisotopic (exact) mass is 957 g/mol. The Morgan fingerprint density at radius 3 is 0.957 bits per heavy atom. The second kappa shape index (κ2) is 56.7. The molecular weight excluding hydrogens is 853 g/mol. The van der Waals surface area contributed by atoms with Crippen molar-refractivity contribution >= 4 is 17.9 Å². The summed E-state index contributed by atoms with van der Waals surface area (Å²) in [6, 6.07) is 0. The van der Waals surface area contributed by atoms with E-state index in [0.29, 0.717) is 12.8 Å². The highest BCUT2D eigenvalue weighted by atomic mass is 16.6. The summed E-state index contributed by atoms with van der Waals surface area (Å²) in [7, 11) is 0. The molecule has 0 saturated carbocycles. The summed E-state index contributed by atoms with van der Waals surface area (Å²) < 4.78 is 16.7. The van der Waals surface area contributed by atoms with Crippen molar-refractivity contribution < 1.29 is 28.6 Å². The fraction of sp³-hybridized carbons (Fsp3) is 0.667. The molecule has 69 heavy (non-hydrogen) atoms. The minimum atomic E-state index is -0.834. The van der Waals surface area contributed by atoms with Crippen LogP contribution in [0.5, 0.6) is 0 Å². The zero-order valence-electron chi connectivity index (χ0n) is 44.8. The minimum absolute atomic E-state index is 0.0948. The zero-order chi connectivity index (χ0) is 50.0. The first kappa shape index (κ1) is 65.1. The lowest BCUT2D eigenvalue weighted by atomic mass is 10.0. The lowest BCUT2D eigenvalue weighted by Crippen LogP contribution is -2.30. The van der Waals surface area contributed by atoms with Gasteiger partial charge < -0.3 is 14.2 Å². The van der Waals surface area contributed by atoms with Crippen LogP contribution in [0.4, 0.5) is 0 Å². The molecule has 1 unspecified atom stereocenters. The van der Waals surface area contributed by atoms with Crippen LogP contribution in [0.2, 0.25) is 0 Å². The van der Waals surface area contributed by atoms with Crippen molar-refractivity contribution in [1.29, 1.82) is 0 Å². The van der Waals surface area contributed by atoms with E-state index in [4.69, 9.17) is 14.2 Å². The van der Waals surface area contributed by atoms with Gasteiger partial charge in [0.1, 0.15) is 13.2 Å². The molecule has 0 N–H and O–H groups in total. The van der Waals surface area contributed by atoms with Crippen molar-refractivity contribution in [1.82, 2.24) is 0 Å². The van der Waals surface area contributed by atoms with Crippen molar-refractivity contribution in [3.05, 3.63) is 109 Å². The fourth-order valence-corrected chi connectivity index (χ4v) is 7.63.